The lowest BCUT2D eigenvalue weighted by Crippen LogP contribution is -2.49. The molecule has 0 fully saturated rings. The van der Waals surface area contributed by atoms with Crippen molar-refractivity contribution in [2.75, 3.05) is 0 Å². The summed E-state index contributed by atoms with van der Waals surface area (Å²) in [7, 11) is 15.2. The van der Waals surface area contributed by atoms with Crippen molar-refractivity contribution in [3.63, 3.8) is 0 Å². The zero-order valence-electron chi connectivity index (χ0n) is 19.0. The number of nitrogens with zero attached hydrogens (tertiary/aromatic N) is 1. The van der Waals surface area contributed by atoms with Crippen LogP contribution in [0.4, 0.5) is 4.39 Å². The second kappa shape index (κ2) is 9.19. The maximum atomic E-state index is 14.9. The number of halogens is 1. The third kappa shape index (κ3) is 4.09. The fourth-order valence-corrected chi connectivity index (χ4v) is 3.79. The summed E-state index contributed by atoms with van der Waals surface area (Å²) < 4.78 is 25.0. The topological polar surface area (TPSA) is 77.5 Å². The lowest BCUT2D eigenvalue weighted by Gasteiger charge is -2.24. The Kier molecular flexibility index (Phi) is 7.32. The minimum Gasteiger partial charge on any atom is -0.567 e. The van der Waals surface area contributed by atoms with E-state index in [1.54, 1.807) is 23.5 Å². The largest absolute Gasteiger partial charge is 0.567 e. The molecule has 2 aromatic rings. The number of amides is 1. The number of pyridine rings is 1. The van der Waals surface area contributed by atoms with E-state index in [0.717, 1.165) is 22.1 Å². The molecule has 1 aromatic heterocycles. The number of aromatic nitrogens is 1. The van der Waals surface area contributed by atoms with Gasteiger partial charge in [-0.25, -0.2) is 4.39 Å². The molecule has 30 heavy (non-hydrogen) atoms. The molecule has 1 amide bonds. The predicted octanol–water partition coefficient (Wildman–Crippen LogP) is -11.9. The molecule has 1 N–H and O–H groups in total. The zero-order valence-corrected chi connectivity index (χ0v) is 19.0. The summed E-state index contributed by atoms with van der Waals surface area (Å²) in [5, 5.41) is 2.57. The number of nitrogens with one attached hydrogen (secondary N) is 1. The molecule has 1 unspecified atom stereocenters. The Balaban J connectivity index is 2.71. The van der Waals surface area contributed by atoms with Crippen molar-refractivity contribution in [2.24, 2.45) is 0 Å². The molecule has 144 valence electrons. The summed E-state index contributed by atoms with van der Waals surface area (Å²) in [6.45, 7) is 0. The van der Waals surface area contributed by atoms with Gasteiger partial charge >= 0.3 is 22.1 Å². The molecule has 16 heteroatoms. The van der Waals surface area contributed by atoms with Crippen LogP contribution in [0.3, 0.4) is 0 Å². The third-order valence-corrected chi connectivity index (χ3v) is 5.68. The summed E-state index contributed by atoms with van der Waals surface area (Å²) in [5.74, 6) is -1.93. The van der Waals surface area contributed by atoms with Gasteiger partial charge in [-0.2, -0.15) is 0 Å². The van der Waals surface area contributed by atoms with Gasteiger partial charge < -0.3 is 14.6 Å². The molecule has 0 aliphatic rings. The highest BCUT2D eigenvalue weighted by molar-refractivity contribution is 6.62. The number of carbonyl (C=O) groups excluding carboxylic acids is 2. The second-order valence-electron chi connectivity index (χ2n) is 7.49. The van der Waals surface area contributed by atoms with Crippen LogP contribution in [0.25, 0.3) is 11.1 Å². The molecule has 0 saturated heterocycles. The average molecular weight is 397 g/mol. The summed E-state index contributed by atoms with van der Waals surface area (Å²) in [5.41, 5.74) is 5.78. The Morgan fingerprint density at radius 3 is 2.03 bits per heavy atom. The van der Waals surface area contributed by atoms with Crippen LogP contribution in [-0.4, -0.2) is 93.8 Å². The molecule has 2 rings (SSSR count). The van der Waals surface area contributed by atoms with Crippen LogP contribution < -0.4 is 42.9 Å². The average Bonchev–Trinajstić information content (AvgIpc) is 2.71. The molecule has 1 heterocycles. The van der Waals surface area contributed by atoms with E-state index in [4.69, 9.17) is 4.65 Å². The molecule has 0 aliphatic carbocycles. The minimum atomic E-state index is -0.840. The van der Waals surface area contributed by atoms with E-state index in [2.05, 4.69) is 15.0 Å². The highest BCUT2D eigenvalue weighted by Crippen LogP contribution is 2.18. The van der Waals surface area contributed by atoms with Crippen molar-refractivity contribution >= 4 is 116 Å². The normalized spacial score (nSPS) is 11.5. The fourth-order valence-electron chi connectivity index (χ4n) is 3.79. The predicted molar refractivity (Wildman–Crippen MR) is 142 cm³/mol. The van der Waals surface area contributed by atoms with Gasteiger partial charge in [-0.15, -0.1) is 0 Å². The Labute approximate surface area is 184 Å². The molecular weight excluding hydrogens is 376 g/mol. The van der Waals surface area contributed by atoms with E-state index >= 15 is 0 Å². The van der Waals surface area contributed by atoms with Crippen molar-refractivity contribution in [3.8, 4) is 16.9 Å². The monoisotopic (exact) mass is 398 g/mol. The van der Waals surface area contributed by atoms with Gasteiger partial charge in [0.05, 0.1) is 5.94 Å². The van der Waals surface area contributed by atoms with Crippen LogP contribution in [0.15, 0.2) is 0 Å². The lowest BCUT2D eigenvalue weighted by molar-refractivity contribution is -0.134. The van der Waals surface area contributed by atoms with Crippen LogP contribution in [0, 0.1) is 5.82 Å². The van der Waals surface area contributed by atoms with Crippen LogP contribution in [0.2, 0.25) is 0 Å². The summed E-state index contributed by atoms with van der Waals surface area (Å²) >= 11 is 0. The maximum absolute atomic E-state index is 14.9. The van der Waals surface area contributed by atoms with Crippen molar-refractivity contribution in [1.82, 2.24) is 10.3 Å². The number of hydrogen-bond acceptors (Lipinski definition) is 5. The highest BCUT2D eigenvalue weighted by Gasteiger charge is 2.26. The number of carbonyl (C=O) groups is 2. The van der Waals surface area contributed by atoms with E-state index in [-0.39, 0.29) is 17.3 Å². The number of hydrogen-bond donors (Lipinski definition) is 1. The molecule has 1 atom stereocenters. The van der Waals surface area contributed by atoms with Crippen LogP contribution in [0.5, 0.6) is 5.75 Å². The fraction of sp³-hybridized carbons (Fsp3) is 0.0714. The molecule has 6 nitrogen and oxygen atoms in total. The maximum Gasteiger partial charge on any atom is 0.326 e. The first kappa shape index (κ1) is 23.9. The highest BCUT2D eigenvalue weighted by atomic mass is 19.1. The molecule has 0 saturated carbocycles. The summed E-state index contributed by atoms with van der Waals surface area (Å²) in [6.07, 6.45) is 0. The standard InChI is InChI=1S/C14H20B9FN2O4/c15-3-1(4(16)8(24)7(19)6(3)18)2-5(17)10(29-22)9(25-11(2)20)13(27)26-12(21)14(28)30-23/h12H,15-23H2,(H,26,27). The second-order valence-corrected chi connectivity index (χ2v) is 7.49. The Morgan fingerprint density at radius 2 is 1.50 bits per heavy atom. The summed E-state index contributed by atoms with van der Waals surface area (Å²) in [6, 6.07) is 0. The third-order valence-electron chi connectivity index (χ3n) is 5.68. The molecule has 0 radical (unpaired) electrons. The summed E-state index contributed by atoms with van der Waals surface area (Å²) in [4.78, 5) is 28.9. The molecule has 0 aliphatic heterocycles. The first-order valence-electron chi connectivity index (χ1n) is 9.67. The van der Waals surface area contributed by atoms with Gasteiger partial charge in [-0.3, -0.25) is 14.6 Å². The first-order valence-corrected chi connectivity index (χ1v) is 9.67. The van der Waals surface area contributed by atoms with Gasteiger partial charge in [-0.05, 0) is 22.1 Å². The van der Waals surface area contributed by atoms with Crippen molar-refractivity contribution in [1.29, 1.82) is 0 Å². The smallest absolute Gasteiger partial charge is 0.326 e. The first-order chi connectivity index (χ1) is 14.0. The van der Waals surface area contributed by atoms with E-state index in [1.165, 1.54) is 23.9 Å². The Hall–Kier alpha value is -2.38. The van der Waals surface area contributed by atoms with E-state index < -0.39 is 17.8 Å². The van der Waals surface area contributed by atoms with Crippen LogP contribution in [0.1, 0.15) is 10.5 Å². The van der Waals surface area contributed by atoms with Gasteiger partial charge in [0.2, 0.25) is 0 Å². The van der Waals surface area contributed by atoms with Crippen molar-refractivity contribution in [3.05, 3.63) is 11.5 Å². The zero-order chi connectivity index (χ0) is 22.9. The van der Waals surface area contributed by atoms with Crippen LogP contribution >= 0.6 is 0 Å². The lowest BCUT2D eigenvalue weighted by atomic mass is 9.63. The molecule has 1 aromatic carbocycles. The molecule has 0 spiro atoms. The van der Waals surface area contributed by atoms with Gasteiger partial charge in [0.15, 0.2) is 13.5 Å². The van der Waals surface area contributed by atoms with E-state index in [0.29, 0.717) is 22.0 Å². The molecule has 0 bridgehead atoms. The minimum absolute atomic E-state index is 0.0617. The number of benzene rings is 1. The number of rotatable bonds is 5. The van der Waals surface area contributed by atoms with Gasteiger partial charge in [0.1, 0.15) is 58.6 Å². The van der Waals surface area contributed by atoms with Gasteiger partial charge in [0, 0.05) is 5.59 Å². The van der Waals surface area contributed by atoms with Crippen molar-refractivity contribution < 1.29 is 23.3 Å². The van der Waals surface area contributed by atoms with E-state index in [9.17, 15) is 14.0 Å². The Bertz CT molecular complexity index is 1020. The van der Waals surface area contributed by atoms with E-state index in [1.807, 2.05) is 23.5 Å². The SMILES string of the molecule is BOC(=O)C(B)NC(=O)c1nc(B)c(-c2c(B)c(B)c(B)c(F)c2B)c(B)c1OB. The van der Waals surface area contributed by atoms with Gasteiger partial charge in [0.25, 0.3) is 5.91 Å². The molecular formula is C14H20B9FN2O4. The quantitative estimate of drug-likeness (QED) is 0.508. The van der Waals surface area contributed by atoms with Crippen molar-refractivity contribution in [2.45, 2.75) is 5.94 Å². The van der Waals surface area contributed by atoms with Gasteiger partial charge in [-0.1, -0.05) is 16.4 Å². The Morgan fingerprint density at radius 1 is 0.900 bits per heavy atom. The van der Waals surface area contributed by atoms with Crippen LogP contribution in [-0.2, 0) is 9.45 Å².